The normalized spacial score (nSPS) is 23.9. The van der Waals surface area contributed by atoms with Crippen molar-refractivity contribution in [1.29, 1.82) is 0 Å². The fourth-order valence-electron chi connectivity index (χ4n) is 3.78. The summed E-state index contributed by atoms with van der Waals surface area (Å²) in [6.07, 6.45) is 4.44. The lowest BCUT2D eigenvalue weighted by Crippen LogP contribution is -2.50. The third-order valence-corrected chi connectivity index (χ3v) is 5.29. The first-order chi connectivity index (χ1) is 11.6. The van der Waals surface area contributed by atoms with Gasteiger partial charge in [-0.2, -0.15) is 0 Å². The zero-order valence-corrected chi connectivity index (χ0v) is 14.6. The molecule has 0 N–H and O–H groups in total. The highest BCUT2D eigenvalue weighted by atomic mass is 19.1. The monoisotopic (exact) mass is 333 g/mol. The van der Waals surface area contributed by atoms with Gasteiger partial charge in [0, 0.05) is 32.2 Å². The van der Waals surface area contributed by atoms with Crippen molar-refractivity contribution < 1.29 is 9.18 Å². The summed E-state index contributed by atoms with van der Waals surface area (Å²) in [6.45, 7) is 4.88. The van der Waals surface area contributed by atoms with Crippen LogP contribution in [-0.4, -0.2) is 66.9 Å². The Labute approximate surface area is 144 Å². The maximum absolute atomic E-state index is 13.6. The second-order valence-electron chi connectivity index (χ2n) is 7.07. The highest BCUT2D eigenvalue weighted by Crippen LogP contribution is 2.30. The lowest BCUT2D eigenvalue weighted by Gasteiger charge is -2.35. The molecule has 1 aromatic carbocycles. The molecule has 2 aliphatic rings. The van der Waals surface area contributed by atoms with Gasteiger partial charge in [0.1, 0.15) is 5.82 Å². The largest absolute Gasteiger partial charge is 0.339 e. The van der Waals surface area contributed by atoms with E-state index in [1.807, 2.05) is 11.0 Å². The summed E-state index contributed by atoms with van der Waals surface area (Å²) in [5.41, 5.74) is 1.00. The van der Waals surface area contributed by atoms with Gasteiger partial charge in [0.05, 0.1) is 6.54 Å². The third kappa shape index (κ3) is 4.33. The Morgan fingerprint density at radius 1 is 1.12 bits per heavy atom. The second-order valence-corrected chi connectivity index (χ2v) is 7.07. The minimum Gasteiger partial charge on any atom is -0.339 e. The summed E-state index contributed by atoms with van der Waals surface area (Å²) < 4.78 is 13.6. The van der Waals surface area contributed by atoms with Crippen molar-refractivity contribution in [2.75, 3.05) is 46.3 Å². The molecule has 0 radical (unpaired) electrons. The van der Waals surface area contributed by atoms with Gasteiger partial charge in [-0.15, -0.1) is 0 Å². The number of likely N-dealkylation sites (N-methyl/N-ethyl adjacent to an activating group) is 1. The molecule has 1 amide bonds. The summed E-state index contributed by atoms with van der Waals surface area (Å²) >= 11 is 0. The van der Waals surface area contributed by atoms with E-state index >= 15 is 0 Å². The zero-order valence-electron chi connectivity index (χ0n) is 14.6. The summed E-state index contributed by atoms with van der Waals surface area (Å²) in [7, 11) is 2.09. The standard InChI is InChI=1S/C19H28FN3O/c1-21-10-12-22(13-11-21)19(24)15-23-9-4-2-3-8-18(23)16-6-5-7-17(20)14-16/h5-7,14,18H,2-4,8-13,15H2,1H3. The average molecular weight is 333 g/mol. The quantitative estimate of drug-likeness (QED) is 0.850. The number of carbonyl (C=O) groups is 1. The van der Waals surface area contributed by atoms with E-state index in [0.717, 1.165) is 57.5 Å². The van der Waals surface area contributed by atoms with Crippen molar-refractivity contribution >= 4 is 5.91 Å². The summed E-state index contributed by atoms with van der Waals surface area (Å²) in [4.78, 5) is 19.2. The van der Waals surface area contributed by atoms with E-state index in [0.29, 0.717) is 6.54 Å². The Kier molecular flexibility index (Phi) is 5.85. The molecule has 132 valence electrons. The van der Waals surface area contributed by atoms with Crippen LogP contribution in [0.5, 0.6) is 0 Å². The number of carbonyl (C=O) groups excluding carboxylic acids is 1. The molecule has 0 bridgehead atoms. The number of hydrogen-bond donors (Lipinski definition) is 0. The van der Waals surface area contributed by atoms with Crippen molar-refractivity contribution in [3.05, 3.63) is 35.6 Å². The van der Waals surface area contributed by atoms with Crippen LogP contribution < -0.4 is 0 Å². The Morgan fingerprint density at radius 2 is 1.92 bits per heavy atom. The molecular formula is C19H28FN3O. The van der Waals surface area contributed by atoms with Crippen LogP contribution in [0.2, 0.25) is 0 Å². The van der Waals surface area contributed by atoms with Crippen LogP contribution in [0.25, 0.3) is 0 Å². The fraction of sp³-hybridized carbons (Fsp3) is 0.632. The fourth-order valence-corrected chi connectivity index (χ4v) is 3.78. The zero-order chi connectivity index (χ0) is 16.9. The SMILES string of the molecule is CN1CCN(C(=O)CN2CCCCCC2c2cccc(F)c2)CC1. The van der Waals surface area contributed by atoms with Crippen molar-refractivity contribution in [1.82, 2.24) is 14.7 Å². The van der Waals surface area contributed by atoms with Crippen molar-refractivity contribution in [3.8, 4) is 0 Å². The molecule has 0 spiro atoms. The predicted octanol–water partition coefficient (Wildman–Crippen LogP) is 2.52. The van der Waals surface area contributed by atoms with Crippen molar-refractivity contribution in [3.63, 3.8) is 0 Å². The Balaban J connectivity index is 1.69. The topological polar surface area (TPSA) is 26.8 Å². The predicted molar refractivity (Wildman–Crippen MR) is 93.3 cm³/mol. The van der Waals surface area contributed by atoms with Crippen LogP contribution in [0.1, 0.15) is 37.3 Å². The van der Waals surface area contributed by atoms with Gasteiger partial charge in [-0.25, -0.2) is 4.39 Å². The molecule has 0 aliphatic carbocycles. The highest BCUT2D eigenvalue weighted by molar-refractivity contribution is 5.78. The Morgan fingerprint density at radius 3 is 2.67 bits per heavy atom. The number of likely N-dealkylation sites (tertiary alicyclic amines) is 1. The van der Waals surface area contributed by atoms with Gasteiger partial charge in [0.2, 0.25) is 5.91 Å². The molecule has 4 nitrogen and oxygen atoms in total. The number of piperazine rings is 1. The van der Waals surface area contributed by atoms with Crippen LogP contribution in [0, 0.1) is 5.82 Å². The smallest absolute Gasteiger partial charge is 0.236 e. The van der Waals surface area contributed by atoms with Crippen LogP contribution in [0.15, 0.2) is 24.3 Å². The first-order valence-corrected chi connectivity index (χ1v) is 9.09. The minimum absolute atomic E-state index is 0.152. The van der Waals surface area contributed by atoms with Gasteiger partial charge in [0.25, 0.3) is 0 Å². The number of rotatable bonds is 3. The maximum atomic E-state index is 13.6. The molecule has 0 saturated carbocycles. The van der Waals surface area contributed by atoms with E-state index in [1.54, 1.807) is 12.1 Å². The van der Waals surface area contributed by atoms with Gasteiger partial charge in [-0.3, -0.25) is 9.69 Å². The lowest BCUT2D eigenvalue weighted by molar-refractivity contribution is -0.134. The number of hydrogen-bond acceptors (Lipinski definition) is 3. The number of benzene rings is 1. The molecule has 5 heteroatoms. The van der Waals surface area contributed by atoms with Crippen LogP contribution >= 0.6 is 0 Å². The molecule has 1 unspecified atom stereocenters. The van der Waals surface area contributed by atoms with E-state index in [4.69, 9.17) is 0 Å². The number of nitrogens with zero attached hydrogens (tertiary/aromatic N) is 3. The minimum atomic E-state index is -0.193. The van der Waals surface area contributed by atoms with Crippen LogP contribution in [0.3, 0.4) is 0 Å². The first-order valence-electron chi connectivity index (χ1n) is 9.09. The molecule has 0 aromatic heterocycles. The molecule has 2 aliphatic heterocycles. The van der Waals surface area contributed by atoms with Gasteiger partial charge in [-0.05, 0) is 44.1 Å². The van der Waals surface area contributed by atoms with Crippen molar-refractivity contribution in [2.45, 2.75) is 31.7 Å². The number of amides is 1. The van der Waals surface area contributed by atoms with Crippen LogP contribution in [0.4, 0.5) is 4.39 Å². The number of halogens is 1. The Bertz CT molecular complexity index is 557. The average Bonchev–Trinajstić information content (AvgIpc) is 2.81. The van der Waals surface area contributed by atoms with E-state index in [9.17, 15) is 9.18 Å². The van der Waals surface area contributed by atoms with Gasteiger partial charge >= 0.3 is 0 Å². The van der Waals surface area contributed by atoms with E-state index < -0.39 is 0 Å². The molecule has 2 saturated heterocycles. The molecule has 2 fully saturated rings. The Hall–Kier alpha value is -1.46. The molecule has 1 atom stereocenters. The molecular weight excluding hydrogens is 305 g/mol. The summed E-state index contributed by atoms with van der Waals surface area (Å²) in [6, 6.07) is 7.03. The van der Waals surface area contributed by atoms with Crippen molar-refractivity contribution in [2.24, 2.45) is 0 Å². The highest BCUT2D eigenvalue weighted by Gasteiger charge is 2.27. The molecule has 1 aromatic rings. The maximum Gasteiger partial charge on any atom is 0.236 e. The molecule has 3 rings (SSSR count). The summed E-state index contributed by atoms with van der Waals surface area (Å²) in [5, 5.41) is 0. The van der Waals surface area contributed by atoms with E-state index in [-0.39, 0.29) is 17.8 Å². The molecule has 2 heterocycles. The van der Waals surface area contributed by atoms with E-state index in [1.165, 1.54) is 12.5 Å². The van der Waals surface area contributed by atoms with Crippen LogP contribution in [-0.2, 0) is 4.79 Å². The summed E-state index contributed by atoms with van der Waals surface area (Å²) in [5.74, 6) is 0.0218. The van der Waals surface area contributed by atoms with Gasteiger partial charge < -0.3 is 9.80 Å². The first kappa shape index (κ1) is 17.4. The van der Waals surface area contributed by atoms with E-state index in [2.05, 4.69) is 16.8 Å². The lowest BCUT2D eigenvalue weighted by atomic mass is 10.0. The van der Waals surface area contributed by atoms with Gasteiger partial charge in [0.15, 0.2) is 0 Å². The second kappa shape index (κ2) is 8.08. The van der Waals surface area contributed by atoms with Gasteiger partial charge in [-0.1, -0.05) is 25.0 Å². The third-order valence-electron chi connectivity index (χ3n) is 5.29. The molecule has 24 heavy (non-hydrogen) atoms.